The minimum absolute atomic E-state index is 0.645. The molecule has 6 heterocycles. The minimum Gasteiger partial charge on any atom is -0.438 e. The smallest absolute Gasteiger partial charge is 0.227 e. The third kappa shape index (κ3) is 5.39. The zero-order valence-electron chi connectivity index (χ0n) is 30.8. The van der Waals surface area contributed by atoms with Gasteiger partial charge in [0, 0.05) is 70.7 Å². The maximum absolute atomic E-state index is 6.12. The fraction of sp³-hybridized carbons (Fsp3) is 0. The van der Waals surface area contributed by atoms with Crippen molar-refractivity contribution < 1.29 is 4.42 Å². The molecule has 0 aliphatic rings. The minimum atomic E-state index is 0.645. The van der Waals surface area contributed by atoms with Crippen LogP contribution in [0.1, 0.15) is 0 Å². The molecule has 0 bridgehead atoms. The number of nitrogens with zero attached hydrogens (tertiary/aromatic N) is 4. The Morgan fingerprint density at radius 3 is 1.45 bits per heavy atom. The number of furan rings is 1. The molecule has 0 unspecified atom stereocenters. The molecule has 6 aromatic carbocycles. The van der Waals surface area contributed by atoms with Gasteiger partial charge in [0.05, 0.1) is 16.8 Å². The monoisotopic (exact) mass is 778 g/mol. The third-order valence-electron chi connectivity index (χ3n) is 11.0. The van der Waals surface area contributed by atoms with E-state index in [1.54, 1.807) is 22.7 Å². The number of para-hydroxylation sites is 1. The summed E-state index contributed by atoms with van der Waals surface area (Å²) in [5.41, 5.74) is 10.9. The van der Waals surface area contributed by atoms with E-state index in [1.165, 1.54) is 30.9 Å². The van der Waals surface area contributed by atoms with Crippen LogP contribution in [0.4, 0.5) is 17.1 Å². The SMILES string of the molecule is c1ccc2c(c1)oc1nccc(-c3ccc(N(c4ccc(-c5ccc6c(n5)sc5ccccc56)cc4)c4ccc(-c5ccc6c(n5)sc5ccccc56)cc4)cc3)c12. The topological polar surface area (TPSA) is 55.1 Å². The van der Waals surface area contributed by atoms with E-state index in [1.807, 2.05) is 24.4 Å². The van der Waals surface area contributed by atoms with Gasteiger partial charge in [0.25, 0.3) is 0 Å². The maximum Gasteiger partial charge on any atom is 0.227 e. The number of hydrogen-bond donors (Lipinski definition) is 0. The molecule has 272 valence electrons. The predicted octanol–water partition coefficient (Wildman–Crippen LogP) is 15.0. The van der Waals surface area contributed by atoms with Crippen LogP contribution >= 0.6 is 22.7 Å². The highest BCUT2D eigenvalue weighted by molar-refractivity contribution is 7.25. The largest absolute Gasteiger partial charge is 0.438 e. The molecule has 0 spiro atoms. The van der Waals surface area contributed by atoms with Crippen molar-refractivity contribution in [1.29, 1.82) is 0 Å². The Bertz CT molecular complexity index is 3350. The Hall–Kier alpha value is -7.19. The van der Waals surface area contributed by atoms with Gasteiger partial charge in [0.2, 0.25) is 5.71 Å². The molecule has 0 aliphatic heterocycles. The number of hydrogen-bond acceptors (Lipinski definition) is 7. The number of rotatable bonds is 6. The van der Waals surface area contributed by atoms with Crippen LogP contribution in [0.25, 0.3) is 96.3 Å². The Balaban J connectivity index is 0.931. The fourth-order valence-corrected chi connectivity index (χ4v) is 10.4. The average molecular weight is 779 g/mol. The van der Waals surface area contributed by atoms with Crippen LogP contribution in [0.5, 0.6) is 0 Å². The van der Waals surface area contributed by atoms with Gasteiger partial charge in [-0.25, -0.2) is 15.0 Å². The number of fused-ring (bicyclic) bond motifs is 9. The van der Waals surface area contributed by atoms with E-state index in [0.717, 1.165) is 76.7 Å². The van der Waals surface area contributed by atoms with Crippen LogP contribution in [-0.2, 0) is 0 Å². The lowest BCUT2D eigenvalue weighted by Gasteiger charge is -2.26. The second kappa shape index (κ2) is 13.2. The zero-order chi connectivity index (χ0) is 38.2. The molecule has 0 aliphatic carbocycles. The van der Waals surface area contributed by atoms with E-state index in [9.17, 15) is 0 Å². The van der Waals surface area contributed by atoms with Crippen LogP contribution in [0.3, 0.4) is 0 Å². The van der Waals surface area contributed by atoms with E-state index in [-0.39, 0.29) is 0 Å². The standard InChI is InChI=1S/C51H30N4OS2/c1-4-10-45-42(9-1)48-37(29-30-52-49(48)56-45)31-13-19-34(20-14-31)55(35-21-15-32(16-22-35)43-27-25-40-38-7-2-5-11-46(38)57-50(40)53-43)36-23-17-33(18-24-36)44-28-26-41-39-8-3-6-12-47(39)58-51(41)54-44/h1-30H. The van der Waals surface area contributed by atoms with Crippen LogP contribution in [0.15, 0.2) is 187 Å². The molecule has 12 rings (SSSR count). The lowest BCUT2D eigenvalue weighted by molar-refractivity contribution is 0.654. The molecular weight excluding hydrogens is 749 g/mol. The first-order valence-corrected chi connectivity index (χ1v) is 20.8. The molecule has 0 amide bonds. The van der Waals surface area contributed by atoms with Crippen molar-refractivity contribution in [3.8, 4) is 33.6 Å². The summed E-state index contributed by atoms with van der Waals surface area (Å²) in [7, 11) is 0. The number of pyridine rings is 3. The Kier molecular flexibility index (Phi) is 7.51. The van der Waals surface area contributed by atoms with E-state index in [4.69, 9.17) is 14.4 Å². The number of benzene rings is 6. The number of aromatic nitrogens is 3. The second-order valence-electron chi connectivity index (χ2n) is 14.4. The van der Waals surface area contributed by atoms with E-state index in [2.05, 4.69) is 168 Å². The quantitative estimate of drug-likeness (QED) is 0.168. The Morgan fingerprint density at radius 1 is 0.414 bits per heavy atom. The molecule has 0 atom stereocenters. The predicted molar refractivity (Wildman–Crippen MR) is 244 cm³/mol. The third-order valence-corrected chi connectivity index (χ3v) is 13.2. The summed E-state index contributed by atoms with van der Waals surface area (Å²) in [5, 5.41) is 7.00. The first-order valence-electron chi connectivity index (χ1n) is 19.2. The number of thiophene rings is 2. The first kappa shape index (κ1) is 33.0. The molecule has 0 saturated heterocycles. The summed E-state index contributed by atoms with van der Waals surface area (Å²) in [6.45, 7) is 0. The molecule has 0 radical (unpaired) electrons. The van der Waals surface area contributed by atoms with E-state index < -0.39 is 0 Å². The molecule has 12 aromatic rings. The molecule has 0 N–H and O–H groups in total. The van der Waals surface area contributed by atoms with Crippen molar-refractivity contribution in [3.63, 3.8) is 0 Å². The normalized spacial score (nSPS) is 11.8. The highest BCUT2D eigenvalue weighted by atomic mass is 32.1. The highest BCUT2D eigenvalue weighted by Crippen LogP contribution is 2.41. The molecule has 0 fully saturated rings. The zero-order valence-corrected chi connectivity index (χ0v) is 32.5. The fourth-order valence-electron chi connectivity index (χ4n) is 8.22. The molecule has 0 saturated carbocycles. The summed E-state index contributed by atoms with van der Waals surface area (Å²) in [4.78, 5) is 19.2. The van der Waals surface area contributed by atoms with E-state index >= 15 is 0 Å². The van der Waals surface area contributed by atoms with Gasteiger partial charge < -0.3 is 9.32 Å². The molecular formula is C51H30N4OS2. The highest BCUT2D eigenvalue weighted by Gasteiger charge is 2.17. The van der Waals surface area contributed by atoms with Gasteiger partial charge in [-0.15, -0.1) is 22.7 Å². The van der Waals surface area contributed by atoms with Crippen molar-refractivity contribution in [3.05, 3.63) is 182 Å². The first-order chi connectivity index (χ1) is 28.7. The van der Waals surface area contributed by atoms with Gasteiger partial charge in [-0.1, -0.05) is 91.0 Å². The van der Waals surface area contributed by atoms with Crippen molar-refractivity contribution in [1.82, 2.24) is 15.0 Å². The summed E-state index contributed by atoms with van der Waals surface area (Å²) in [6, 6.07) is 62.2. The summed E-state index contributed by atoms with van der Waals surface area (Å²) in [5.74, 6) is 0. The van der Waals surface area contributed by atoms with Crippen molar-refractivity contribution >= 4 is 102 Å². The molecule has 5 nitrogen and oxygen atoms in total. The lowest BCUT2D eigenvalue weighted by atomic mass is 10.0. The van der Waals surface area contributed by atoms with Crippen LogP contribution in [0, 0.1) is 0 Å². The van der Waals surface area contributed by atoms with Crippen LogP contribution < -0.4 is 4.90 Å². The summed E-state index contributed by atoms with van der Waals surface area (Å²) < 4.78 is 8.63. The van der Waals surface area contributed by atoms with Crippen LogP contribution in [0.2, 0.25) is 0 Å². The van der Waals surface area contributed by atoms with Gasteiger partial charge in [-0.05, 0) is 96.1 Å². The van der Waals surface area contributed by atoms with Gasteiger partial charge in [0.1, 0.15) is 15.2 Å². The van der Waals surface area contributed by atoms with Gasteiger partial charge in [-0.3, -0.25) is 0 Å². The number of anilines is 3. The van der Waals surface area contributed by atoms with Crippen molar-refractivity contribution in [2.24, 2.45) is 0 Å². The van der Waals surface area contributed by atoms with Gasteiger partial charge in [-0.2, -0.15) is 0 Å². The molecule has 6 aromatic heterocycles. The average Bonchev–Trinajstić information content (AvgIpc) is 3.98. The Labute approximate surface area is 340 Å². The van der Waals surface area contributed by atoms with Crippen LogP contribution in [-0.4, -0.2) is 15.0 Å². The maximum atomic E-state index is 6.12. The molecule has 58 heavy (non-hydrogen) atoms. The summed E-state index contributed by atoms with van der Waals surface area (Å²) in [6.07, 6.45) is 1.82. The summed E-state index contributed by atoms with van der Waals surface area (Å²) >= 11 is 3.49. The Morgan fingerprint density at radius 2 is 0.897 bits per heavy atom. The van der Waals surface area contributed by atoms with E-state index in [0.29, 0.717) is 5.71 Å². The lowest BCUT2D eigenvalue weighted by Crippen LogP contribution is -2.09. The van der Waals surface area contributed by atoms with Gasteiger partial charge in [0.15, 0.2) is 0 Å². The van der Waals surface area contributed by atoms with Crippen molar-refractivity contribution in [2.75, 3.05) is 4.90 Å². The van der Waals surface area contributed by atoms with Crippen molar-refractivity contribution in [2.45, 2.75) is 0 Å². The van der Waals surface area contributed by atoms with Gasteiger partial charge >= 0.3 is 0 Å². The molecule has 7 heteroatoms. The second-order valence-corrected chi connectivity index (χ2v) is 16.5.